The number of rotatable bonds is 7. The Hall–Kier alpha value is -2.14. The summed E-state index contributed by atoms with van der Waals surface area (Å²) in [7, 11) is 0. The van der Waals surface area contributed by atoms with Crippen LogP contribution in [0.2, 0.25) is 0 Å². The summed E-state index contributed by atoms with van der Waals surface area (Å²) in [5.41, 5.74) is 2.15. The predicted molar refractivity (Wildman–Crippen MR) is 80.8 cm³/mol. The van der Waals surface area contributed by atoms with Crippen LogP contribution in [-0.4, -0.2) is 34.7 Å². The lowest BCUT2D eigenvalue weighted by atomic mass is 10.0. The number of nitrogens with one attached hydrogen (secondary N) is 1. The molecule has 0 aliphatic carbocycles. The lowest BCUT2D eigenvalue weighted by Crippen LogP contribution is -2.28. The van der Waals surface area contributed by atoms with Gasteiger partial charge in [0.1, 0.15) is 0 Å². The molecule has 1 aromatic carbocycles. The number of aliphatic hydroxyl groups is 1. The first-order chi connectivity index (χ1) is 9.90. The van der Waals surface area contributed by atoms with Gasteiger partial charge in [-0.15, -0.1) is 0 Å². The summed E-state index contributed by atoms with van der Waals surface area (Å²) < 4.78 is 0. The number of aliphatic hydroxyl groups excluding tert-OH is 1. The maximum absolute atomic E-state index is 11.5. The molecule has 0 fully saturated rings. The Bertz CT molecular complexity index is 506. The van der Waals surface area contributed by atoms with Crippen LogP contribution in [0.1, 0.15) is 37.3 Å². The number of carbonyl (C=O) groups is 2. The minimum absolute atomic E-state index is 0.0159. The lowest BCUT2D eigenvalue weighted by molar-refractivity contribution is -0.147. The SMILES string of the molecule is CC(C)c1ccc(/C=C/C(=O)NCC[C@H](O)C(=O)O)cc1. The Morgan fingerprint density at radius 2 is 1.86 bits per heavy atom. The topological polar surface area (TPSA) is 86.6 Å². The van der Waals surface area contributed by atoms with E-state index in [-0.39, 0.29) is 18.9 Å². The van der Waals surface area contributed by atoms with Gasteiger partial charge >= 0.3 is 5.97 Å². The summed E-state index contributed by atoms with van der Waals surface area (Å²) in [6.45, 7) is 4.34. The van der Waals surface area contributed by atoms with Gasteiger partial charge in [-0.3, -0.25) is 4.79 Å². The molecule has 0 aliphatic heterocycles. The third-order valence-electron chi connectivity index (χ3n) is 3.03. The third-order valence-corrected chi connectivity index (χ3v) is 3.03. The van der Waals surface area contributed by atoms with Crippen LogP contribution in [0.15, 0.2) is 30.3 Å². The number of carboxylic acid groups (broad SMARTS) is 1. The average Bonchev–Trinajstić information content (AvgIpc) is 2.45. The van der Waals surface area contributed by atoms with Crippen molar-refractivity contribution in [3.05, 3.63) is 41.5 Å². The van der Waals surface area contributed by atoms with Crippen molar-refractivity contribution in [3.8, 4) is 0 Å². The van der Waals surface area contributed by atoms with Gasteiger partial charge in [0.15, 0.2) is 6.10 Å². The molecule has 1 amide bonds. The summed E-state index contributed by atoms with van der Waals surface area (Å²) in [5, 5.41) is 20.1. The molecule has 0 spiro atoms. The molecular formula is C16H21NO4. The van der Waals surface area contributed by atoms with E-state index in [1.807, 2.05) is 24.3 Å². The summed E-state index contributed by atoms with van der Waals surface area (Å²) in [6.07, 6.45) is 1.61. The van der Waals surface area contributed by atoms with E-state index >= 15 is 0 Å². The van der Waals surface area contributed by atoms with Gasteiger partial charge in [-0.2, -0.15) is 0 Å². The van der Waals surface area contributed by atoms with Gasteiger partial charge in [0, 0.05) is 19.0 Å². The summed E-state index contributed by atoms with van der Waals surface area (Å²) in [4.78, 5) is 21.9. The van der Waals surface area contributed by atoms with Gasteiger partial charge in [0.05, 0.1) is 0 Å². The van der Waals surface area contributed by atoms with Crippen LogP contribution in [-0.2, 0) is 9.59 Å². The van der Waals surface area contributed by atoms with Crippen molar-refractivity contribution >= 4 is 18.0 Å². The van der Waals surface area contributed by atoms with Crippen molar-refractivity contribution in [2.45, 2.75) is 32.3 Å². The minimum atomic E-state index is -1.45. The molecule has 5 heteroatoms. The molecular weight excluding hydrogens is 270 g/mol. The average molecular weight is 291 g/mol. The standard InChI is InChI=1S/C16H21NO4/c1-11(2)13-6-3-12(4-7-13)5-8-15(19)17-10-9-14(18)16(20)21/h3-8,11,14,18H,9-10H2,1-2H3,(H,17,19)(H,20,21)/b8-5+/t14-/m0/s1. The van der Waals surface area contributed by atoms with Crippen molar-refractivity contribution in [2.24, 2.45) is 0 Å². The van der Waals surface area contributed by atoms with E-state index in [1.54, 1.807) is 6.08 Å². The van der Waals surface area contributed by atoms with E-state index in [2.05, 4.69) is 19.2 Å². The zero-order valence-electron chi connectivity index (χ0n) is 12.2. The molecule has 1 atom stereocenters. The van der Waals surface area contributed by atoms with Crippen LogP contribution in [0.5, 0.6) is 0 Å². The first kappa shape index (κ1) is 16.9. The highest BCUT2D eigenvalue weighted by Crippen LogP contribution is 2.15. The minimum Gasteiger partial charge on any atom is -0.479 e. The van der Waals surface area contributed by atoms with E-state index in [4.69, 9.17) is 10.2 Å². The Labute approximate surface area is 124 Å². The van der Waals surface area contributed by atoms with Gasteiger partial charge in [0.25, 0.3) is 0 Å². The van der Waals surface area contributed by atoms with Gasteiger partial charge in [-0.25, -0.2) is 4.79 Å². The largest absolute Gasteiger partial charge is 0.479 e. The zero-order valence-corrected chi connectivity index (χ0v) is 12.2. The molecule has 0 aliphatic rings. The molecule has 21 heavy (non-hydrogen) atoms. The highest BCUT2D eigenvalue weighted by atomic mass is 16.4. The molecule has 1 aromatic rings. The van der Waals surface area contributed by atoms with Gasteiger partial charge in [0.2, 0.25) is 5.91 Å². The fourth-order valence-electron chi connectivity index (χ4n) is 1.68. The second kappa shape index (κ2) is 8.21. The van der Waals surface area contributed by atoms with Crippen LogP contribution >= 0.6 is 0 Å². The molecule has 0 radical (unpaired) electrons. The first-order valence-electron chi connectivity index (χ1n) is 6.87. The number of hydrogen-bond donors (Lipinski definition) is 3. The third kappa shape index (κ3) is 6.23. The van der Waals surface area contributed by atoms with Crippen LogP contribution in [0.4, 0.5) is 0 Å². The van der Waals surface area contributed by atoms with E-state index in [0.29, 0.717) is 5.92 Å². The van der Waals surface area contributed by atoms with Gasteiger partial charge < -0.3 is 15.5 Å². The van der Waals surface area contributed by atoms with Gasteiger partial charge in [-0.05, 0) is 23.1 Å². The molecule has 1 rings (SSSR count). The van der Waals surface area contributed by atoms with Crippen molar-refractivity contribution in [1.29, 1.82) is 0 Å². The Kier molecular flexibility index (Phi) is 6.62. The highest BCUT2D eigenvalue weighted by Gasteiger charge is 2.12. The molecule has 5 nitrogen and oxygen atoms in total. The van der Waals surface area contributed by atoms with Crippen LogP contribution in [0, 0.1) is 0 Å². The highest BCUT2D eigenvalue weighted by molar-refractivity contribution is 5.91. The molecule has 0 saturated carbocycles. The van der Waals surface area contributed by atoms with Gasteiger partial charge in [-0.1, -0.05) is 38.1 Å². The second-order valence-electron chi connectivity index (χ2n) is 5.09. The molecule has 0 aromatic heterocycles. The quantitative estimate of drug-likeness (QED) is 0.668. The molecule has 0 unspecified atom stereocenters. The zero-order chi connectivity index (χ0) is 15.8. The molecule has 0 heterocycles. The summed E-state index contributed by atoms with van der Waals surface area (Å²) in [6, 6.07) is 7.91. The van der Waals surface area contributed by atoms with Crippen molar-refractivity contribution in [3.63, 3.8) is 0 Å². The van der Waals surface area contributed by atoms with E-state index in [1.165, 1.54) is 11.6 Å². The predicted octanol–water partition coefficient (Wildman–Crippen LogP) is 1.78. The molecule has 114 valence electrons. The Balaban J connectivity index is 2.41. The fraction of sp³-hybridized carbons (Fsp3) is 0.375. The number of carbonyl (C=O) groups excluding carboxylic acids is 1. The number of aliphatic carboxylic acids is 1. The maximum Gasteiger partial charge on any atom is 0.332 e. The number of hydrogen-bond acceptors (Lipinski definition) is 3. The Morgan fingerprint density at radius 1 is 1.24 bits per heavy atom. The van der Waals surface area contributed by atoms with E-state index in [0.717, 1.165) is 5.56 Å². The van der Waals surface area contributed by atoms with E-state index < -0.39 is 12.1 Å². The lowest BCUT2D eigenvalue weighted by Gasteiger charge is -2.06. The molecule has 0 bridgehead atoms. The second-order valence-corrected chi connectivity index (χ2v) is 5.09. The van der Waals surface area contributed by atoms with Crippen molar-refractivity contribution in [2.75, 3.05) is 6.54 Å². The summed E-state index contributed by atoms with van der Waals surface area (Å²) in [5.74, 6) is -1.14. The van der Waals surface area contributed by atoms with E-state index in [9.17, 15) is 9.59 Å². The Morgan fingerprint density at radius 3 is 2.38 bits per heavy atom. The summed E-state index contributed by atoms with van der Waals surface area (Å²) >= 11 is 0. The first-order valence-corrected chi connectivity index (χ1v) is 6.87. The molecule has 3 N–H and O–H groups in total. The maximum atomic E-state index is 11.5. The monoisotopic (exact) mass is 291 g/mol. The smallest absolute Gasteiger partial charge is 0.332 e. The van der Waals surface area contributed by atoms with Crippen molar-refractivity contribution in [1.82, 2.24) is 5.32 Å². The fourth-order valence-corrected chi connectivity index (χ4v) is 1.68. The number of amides is 1. The number of carboxylic acids is 1. The van der Waals surface area contributed by atoms with Crippen LogP contribution in [0.3, 0.4) is 0 Å². The van der Waals surface area contributed by atoms with Crippen LogP contribution < -0.4 is 5.32 Å². The number of benzene rings is 1. The van der Waals surface area contributed by atoms with Crippen molar-refractivity contribution < 1.29 is 19.8 Å². The van der Waals surface area contributed by atoms with Crippen LogP contribution in [0.25, 0.3) is 6.08 Å². The normalized spacial score (nSPS) is 12.6. The molecule has 0 saturated heterocycles.